The van der Waals surface area contributed by atoms with Crippen LogP contribution in [0.4, 0.5) is 8.78 Å². The van der Waals surface area contributed by atoms with E-state index in [0.717, 1.165) is 22.4 Å². The van der Waals surface area contributed by atoms with Gasteiger partial charge in [-0.05, 0) is 83.9 Å². The Morgan fingerprint density at radius 3 is 1.60 bits per heavy atom. The van der Waals surface area contributed by atoms with Crippen LogP contribution in [0, 0.1) is 11.6 Å². The van der Waals surface area contributed by atoms with Crippen LogP contribution in [0.1, 0.15) is 11.1 Å². The summed E-state index contributed by atoms with van der Waals surface area (Å²) in [7, 11) is -0.690. The Labute approximate surface area is 274 Å². The minimum absolute atomic E-state index is 0. The molecule has 0 aliphatic carbocycles. The van der Waals surface area contributed by atoms with Gasteiger partial charge in [-0.25, -0.2) is 8.78 Å². The van der Waals surface area contributed by atoms with E-state index in [-0.39, 0.29) is 35.2 Å². The summed E-state index contributed by atoms with van der Waals surface area (Å²) >= 11 is 0. The van der Waals surface area contributed by atoms with Crippen molar-refractivity contribution in [2.24, 2.45) is 0 Å². The van der Waals surface area contributed by atoms with Gasteiger partial charge in [0.05, 0.1) is 7.11 Å². The minimum Gasteiger partial charge on any atom is -1.00 e. The maximum Gasteiger partial charge on any atom is 0.130 e. The zero-order chi connectivity index (χ0) is 30.4. The summed E-state index contributed by atoms with van der Waals surface area (Å²) in [5.41, 5.74) is 2.82. The Morgan fingerprint density at radius 2 is 1.09 bits per heavy atom. The molecule has 45 heavy (non-hydrogen) atoms. The summed E-state index contributed by atoms with van der Waals surface area (Å²) in [5.74, 6) is 0.584. The second-order valence-electron chi connectivity index (χ2n) is 10.5. The van der Waals surface area contributed by atoms with Crippen LogP contribution in [0.15, 0.2) is 152 Å². The first-order valence-electron chi connectivity index (χ1n) is 14.5. The first-order chi connectivity index (χ1) is 21.6. The molecule has 0 aliphatic heterocycles. The third-order valence-electron chi connectivity index (χ3n) is 7.88. The highest BCUT2D eigenvalue weighted by Gasteiger charge is 2.46. The molecule has 226 valence electrons. The standard InChI is InChI=1S/C39H32F2O2P.BrH/c1-42-34-22-19-29(20-23-34)30-17-18-31(38(41)26-30)27-43-39-24-21-33(40)25-32(39)28-44(35-11-5-2-6-12-35,36-13-7-3-8-14-36)37-15-9-4-10-16-37;/h2-26H,27-28H2,1H3;1H/q+1;/p-1. The van der Waals surface area contributed by atoms with Gasteiger partial charge in [-0.1, -0.05) is 78.9 Å². The molecule has 0 bridgehead atoms. The molecule has 0 aromatic heterocycles. The number of methoxy groups -OCH3 is 1. The van der Waals surface area contributed by atoms with Crippen molar-refractivity contribution < 1.29 is 35.2 Å². The van der Waals surface area contributed by atoms with Gasteiger partial charge < -0.3 is 26.5 Å². The van der Waals surface area contributed by atoms with E-state index in [1.807, 2.05) is 48.5 Å². The van der Waals surface area contributed by atoms with E-state index in [9.17, 15) is 4.39 Å². The number of rotatable bonds is 10. The van der Waals surface area contributed by atoms with Gasteiger partial charge in [-0.15, -0.1) is 0 Å². The van der Waals surface area contributed by atoms with Crippen molar-refractivity contribution in [3.63, 3.8) is 0 Å². The molecule has 0 spiro atoms. The molecule has 0 fully saturated rings. The Hall–Kier alpha value is -4.31. The van der Waals surface area contributed by atoms with E-state index >= 15 is 4.39 Å². The normalized spacial score (nSPS) is 11.0. The number of ether oxygens (including phenoxy) is 2. The molecule has 0 saturated carbocycles. The molecule has 6 aromatic rings. The average molecular weight is 682 g/mol. The Balaban J connectivity index is 0.00000400. The van der Waals surface area contributed by atoms with Crippen molar-refractivity contribution in [1.82, 2.24) is 0 Å². The lowest BCUT2D eigenvalue weighted by Crippen LogP contribution is -3.00. The predicted molar refractivity (Wildman–Crippen MR) is 178 cm³/mol. The fourth-order valence-corrected chi connectivity index (χ4v) is 9.86. The van der Waals surface area contributed by atoms with E-state index in [1.165, 1.54) is 28.0 Å². The van der Waals surface area contributed by atoms with Crippen LogP contribution in [0.3, 0.4) is 0 Å². The molecule has 2 nitrogen and oxygen atoms in total. The smallest absolute Gasteiger partial charge is 0.130 e. The molecule has 0 saturated heterocycles. The molecule has 6 rings (SSSR count). The molecule has 0 aliphatic rings. The van der Waals surface area contributed by atoms with Crippen LogP contribution >= 0.6 is 7.26 Å². The second-order valence-corrected chi connectivity index (χ2v) is 14.0. The Morgan fingerprint density at radius 1 is 0.556 bits per heavy atom. The predicted octanol–water partition coefficient (Wildman–Crippen LogP) is 5.72. The summed E-state index contributed by atoms with van der Waals surface area (Å²) in [6.45, 7) is 0.0147. The molecule has 6 heteroatoms. The van der Waals surface area contributed by atoms with E-state index < -0.39 is 7.26 Å². The SMILES string of the molecule is COc1ccc(-c2ccc(COc3ccc(F)cc3C[P+](c3ccccc3)(c3ccccc3)c3ccccc3)c(F)c2)cc1.[Br-]. The van der Waals surface area contributed by atoms with Crippen LogP contribution < -0.4 is 42.4 Å². The third kappa shape index (κ3) is 7.01. The lowest BCUT2D eigenvalue weighted by molar-refractivity contribution is -0.0000104. The van der Waals surface area contributed by atoms with Crippen molar-refractivity contribution in [1.29, 1.82) is 0 Å². The van der Waals surface area contributed by atoms with E-state index in [4.69, 9.17) is 9.47 Å². The van der Waals surface area contributed by atoms with Crippen LogP contribution in [0.25, 0.3) is 11.1 Å². The quantitative estimate of drug-likeness (QED) is 0.173. The molecular weight excluding hydrogens is 649 g/mol. The van der Waals surface area contributed by atoms with Gasteiger partial charge in [0, 0.05) is 11.1 Å². The van der Waals surface area contributed by atoms with Crippen molar-refractivity contribution in [3.8, 4) is 22.6 Å². The zero-order valence-electron chi connectivity index (χ0n) is 24.7. The van der Waals surface area contributed by atoms with Crippen LogP contribution in [-0.4, -0.2) is 7.11 Å². The molecule has 0 atom stereocenters. The summed E-state index contributed by atoms with van der Waals surface area (Å²) in [6.07, 6.45) is 0.539. The molecule has 6 aromatic carbocycles. The lowest BCUT2D eigenvalue weighted by atomic mass is 10.0. The van der Waals surface area contributed by atoms with Crippen molar-refractivity contribution in [2.45, 2.75) is 12.8 Å². The second kappa shape index (κ2) is 14.6. The van der Waals surface area contributed by atoms with Gasteiger partial charge in [0.15, 0.2) is 0 Å². The average Bonchev–Trinajstić information content (AvgIpc) is 3.08. The van der Waals surface area contributed by atoms with Gasteiger partial charge in [0.1, 0.15) is 59.1 Å². The summed E-state index contributed by atoms with van der Waals surface area (Å²) < 4.78 is 41.7. The third-order valence-corrected chi connectivity index (χ3v) is 12.2. The molecule has 0 radical (unpaired) electrons. The van der Waals surface area contributed by atoms with E-state index in [1.54, 1.807) is 25.3 Å². The monoisotopic (exact) mass is 680 g/mol. The van der Waals surface area contributed by atoms with Crippen molar-refractivity contribution >= 4 is 23.2 Å². The molecule has 0 heterocycles. The molecule has 0 unspecified atom stereocenters. The largest absolute Gasteiger partial charge is 1.00 e. The van der Waals surface area contributed by atoms with Gasteiger partial charge in [0.25, 0.3) is 0 Å². The number of hydrogen-bond acceptors (Lipinski definition) is 2. The van der Waals surface area contributed by atoms with Crippen LogP contribution in [0.2, 0.25) is 0 Å². The van der Waals surface area contributed by atoms with Gasteiger partial charge in [-0.2, -0.15) is 0 Å². The number of halogens is 3. The topological polar surface area (TPSA) is 18.5 Å². The molecule has 0 N–H and O–H groups in total. The fraction of sp³-hybridized carbons (Fsp3) is 0.0769. The highest BCUT2D eigenvalue weighted by atomic mass is 79.9. The maximum absolute atomic E-state index is 15.3. The lowest BCUT2D eigenvalue weighted by Gasteiger charge is -2.28. The summed E-state index contributed by atoms with van der Waals surface area (Å²) in [4.78, 5) is 0. The van der Waals surface area contributed by atoms with Gasteiger partial charge >= 0.3 is 0 Å². The summed E-state index contributed by atoms with van der Waals surface area (Å²) in [6, 6.07) is 48.6. The first-order valence-corrected chi connectivity index (χ1v) is 16.4. The number of benzene rings is 6. The highest BCUT2D eigenvalue weighted by Crippen LogP contribution is 2.59. The van der Waals surface area contributed by atoms with Crippen molar-refractivity contribution in [2.75, 3.05) is 7.11 Å². The van der Waals surface area contributed by atoms with Gasteiger partial charge in [-0.3, -0.25) is 0 Å². The number of hydrogen-bond donors (Lipinski definition) is 0. The van der Waals surface area contributed by atoms with E-state index in [0.29, 0.717) is 17.5 Å². The van der Waals surface area contributed by atoms with Crippen LogP contribution in [-0.2, 0) is 12.8 Å². The Kier molecular flexibility index (Phi) is 10.4. The highest BCUT2D eigenvalue weighted by molar-refractivity contribution is 7.95. The maximum atomic E-state index is 15.3. The van der Waals surface area contributed by atoms with Crippen LogP contribution in [0.5, 0.6) is 11.5 Å². The van der Waals surface area contributed by atoms with E-state index in [2.05, 4.69) is 72.8 Å². The molecule has 0 amide bonds. The zero-order valence-corrected chi connectivity index (χ0v) is 27.2. The Bertz CT molecular complexity index is 1740. The van der Waals surface area contributed by atoms with Crippen molar-refractivity contribution in [3.05, 3.63) is 174 Å². The van der Waals surface area contributed by atoms with Gasteiger partial charge in [0.2, 0.25) is 0 Å². The molecular formula is C39H32BrF2O2P. The summed E-state index contributed by atoms with van der Waals surface area (Å²) in [5, 5.41) is 3.56. The fourth-order valence-electron chi connectivity index (χ4n) is 5.62. The minimum atomic E-state index is -2.30. The first kappa shape index (κ1) is 32.1.